The van der Waals surface area contributed by atoms with Gasteiger partial charge in [-0.05, 0) is 38.1 Å². The molecule has 1 N–H and O–H groups in total. The zero-order valence-corrected chi connectivity index (χ0v) is 16.3. The van der Waals surface area contributed by atoms with Gasteiger partial charge in [-0.3, -0.25) is 0 Å². The van der Waals surface area contributed by atoms with Crippen LogP contribution >= 0.6 is 12.4 Å². The van der Waals surface area contributed by atoms with Gasteiger partial charge in [0.25, 0.3) is 0 Å². The Morgan fingerprint density at radius 2 is 1.96 bits per heavy atom. The molecule has 1 aliphatic heterocycles. The SMILES string of the molecule is CNCC1CCCN1S(=O)(=O)c1cc(S(C)(=O)=O)ccc1OC.Cl. The smallest absolute Gasteiger partial charge is 0.247 e. The normalized spacial score (nSPS) is 19.0. The highest BCUT2D eigenvalue weighted by atomic mass is 35.5. The Morgan fingerprint density at radius 3 is 2.50 bits per heavy atom. The molecule has 1 atom stereocenters. The summed E-state index contributed by atoms with van der Waals surface area (Å²) in [5, 5.41) is 2.99. The molecular weight excluding hydrogens is 376 g/mol. The number of likely N-dealkylation sites (N-methyl/N-ethyl adjacent to an activating group) is 1. The lowest BCUT2D eigenvalue weighted by atomic mass is 10.2. The molecular formula is C14H23ClN2O5S2. The van der Waals surface area contributed by atoms with Crippen LogP contribution in [0.2, 0.25) is 0 Å². The fourth-order valence-electron chi connectivity index (χ4n) is 2.78. The lowest BCUT2D eigenvalue weighted by Gasteiger charge is -2.25. The predicted octanol–water partition coefficient (Wildman–Crippen LogP) is 0.893. The summed E-state index contributed by atoms with van der Waals surface area (Å²) in [6, 6.07) is 3.77. The number of benzene rings is 1. The number of rotatable bonds is 6. The van der Waals surface area contributed by atoms with Crippen molar-refractivity contribution < 1.29 is 21.6 Å². The van der Waals surface area contributed by atoms with Crippen molar-refractivity contribution >= 4 is 32.3 Å². The number of sulfonamides is 1. The summed E-state index contributed by atoms with van der Waals surface area (Å²) in [6.07, 6.45) is 2.60. The van der Waals surface area contributed by atoms with Gasteiger partial charge in [0.2, 0.25) is 10.0 Å². The van der Waals surface area contributed by atoms with Crippen LogP contribution in [0.15, 0.2) is 28.0 Å². The van der Waals surface area contributed by atoms with Gasteiger partial charge in [-0.25, -0.2) is 16.8 Å². The maximum Gasteiger partial charge on any atom is 0.247 e. The largest absolute Gasteiger partial charge is 0.495 e. The van der Waals surface area contributed by atoms with E-state index in [1.54, 1.807) is 7.05 Å². The Labute approximate surface area is 149 Å². The van der Waals surface area contributed by atoms with Gasteiger partial charge >= 0.3 is 0 Å². The van der Waals surface area contributed by atoms with Gasteiger partial charge in [-0.2, -0.15) is 4.31 Å². The van der Waals surface area contributed by atoms with Crippen LogP contribution in [0.3, 0.4) is 0 Å². The third-order valence-electron chi connectivity index (χ3n) is 3.91. The standard InChI is InChI=1S/C14H22N2O5S2.ClH/c1-15-10-11-5-4-8-16(11)23(19,20)14-9-12(22(3,17)18)6-7-13(14)21-2;/h6-7,9,11,15H,4-5,8,10H2,1-3H3;1H. The molecule has 2 rings (SSSR count). The van der Waals surface area contributed by atoms with Crippen LogP contribution in [0.4, 0.5) is 0 Å². The Hall–Kier alpha value is -0.870. The van der Waals surface area contributed by atoms with Crippen molar-refractivity contribution in [3.05, 3.63) is 18.2 Å². The van der Waals surface area contributed by atoms with E-state index < -0.39 is 19.9 Å². The molecule has 0 aliphatic carbocycles. The van der Waals surface area contributed by atoms with Crippen LogP contribution in [-0.2, 0) is 19.9 Å². The topological polar surface area (TPSA) is 92.8 Å². The Balaban J connectivity index is 0.00000288. The number of methoxy groups -OCH3 is 1. The van der Waals surface area contributed by atoms with Crippen LogP contribution in [0.25, 0.3) is 0 Å². The van der Waals surface area contributed by atoms with Crippen molar-refractivity contribution in [1.82, 2.24) is 9.62 Å². The van der Waals surface area contributed by atoms with Crippen molar-refractivity contribution in [1.29, 1.82) is 0 Å². The average molecular weight is 399 g/mol. The summed E-state index contributed by atoms with van der Waals surface area (Å²) in [7, 11) is -4.20. The van der Waals surface area contributed by atoms with E-state index >= 15 is 0 Å². The summed E-state index contributed by atoms with van der Waals surface area (Å²) in [4.78, 5) is -0.146. The molecule has 1 unspecified atom stereocenters. The number of halogens is 1. The van der Waals surface area contributed by atoms with Gasteiger partial charge in [-0.15, -0.1) is 12.4 Å². The van der Waals surface area contributed by atoms with Gasteiger partial charge in [-0.1, -0.05) is 0 Å². The van der Waals surface area contributed by atoms with Crippen molar-refractivity contribution in [3.63, 3.8) is 0 Å². The van der Waals surface area contributed by atoms with Crippen molar-refractivity contribution in [3.8, 4) is 5.75 Å². The molecule has 10 heteroatoms. The molecule has 1 saturated heterocycles. The quantitative estimate of drug-likeness (QED) is 0.765. The maximum absolute atomic E-state index is 13.0. The van der Waals surface area contributed by atoms with Gasteiger partial charge < -0.3 is 10.1 Å². The molecule has 7 nitrogen and oxygen atoms in total. The minimum atomic E-state index is -3.83. The third-order valence-corrected chi connectivity index (χ3v) is 7.00. The second kappa shape index (κ2) is 8.01. The van der Waals surface area contributed by atoms with E-state index in [0.29, 0.717) is 13.1 Å². The van der Waals surface area contributed by atoms with Gasteiger partial charge in [0.1, 0.15) is 10.6 Å². The predicted molar refractivity (Wildman–Crippen MR) is 94.2 cm³/mol. The molecule has 24 heavy (non-hydrogen) atoms. The summed E-state index contributed by atoms with van der Waals surface area (Å²) in [5.41, 5.74) is 0. The third kappa shape index (κ3) is 4.20. The summed E-state index contributed by atoms with van der Waals surface area (Å²) < 4.78 is 56.0. The van der Waals surface area contributed by atoms with E-state index in [4.69, 9.17) is 4.74 Å². The van der Waals surface area contributed by atoms with Crippen LogP contribution < -0.4 is 10.1 Å². The molecule has 1 heterocycles. The van der Waals surface area contributed by atoms with Crippen LogP contribution in [0, 0.1) is 0 Å². The molecule has 0 spiro atoms. The van der Waals surface area contributed by atoms with Crippen molar-refractivity contribution in [2.75, 3.05) is 33.5 Å². The number of nitrogens with one attached hydrogen (secondary N) is 1. The highest BCUT2D eigenvalue weighted by Crippen LogP contribution is 2.33. The minimum absolute atomic E-state index is 0. The monoisotopic (exact) mass is 398 g/mol. The Bertz CT molecular complexity index is 780. The molecule has 0 saturated carbocycles. The molecule has 1 fully saturated rings. The summed E-state index contributed by atoms with van der Waals surface area (Å²) in [6.45, 7) is 0.967. The molecule has 0 amide bonds. The van der Waals surface area contributed by atoms with E-state index in [2.05, 4.69) is 5.32 Å². The van der Waals surface area contributed by atoms with Gasteiger partial charge in [0.05, 0.1) is 12.0 Å². The van der Waals surface area contributed by atoms with Crippen molar-refractivity contribution in [2.45, 2.75) is 28.7 Å². The first-order valence-corrected chi connectivity index (χ1v) is 10.6. The molecule has 0 radical (unpaired) electrons. The number of nitrogens with zero attached hydrogens (tertiary/aromatic N) is 1. The summed E-state index contributed by atoms with van der Waals surface area (Å²) >= 11 is 0. The van der Waals surface area contributed by atoms with Crippen molar-refractivity contribution in [2.24, 2.45) is 0 Å². The zero-order valence-electron chi connectivity index (χ0n) is 13.9. The number of ether oxygens (including phenoxy) is 1. The highest BCUT2D eigenvalue weighted by molar-refractivity contribution is 7.91. The van der Waals surface area contributed by atoms with E-state index in [1.165, 1.54) is 29.6 Å². The van der Waals surface area contributed by atoms with E-state index in [-0.39, 0.29) is 34.0 Å². The Kier molecular flexibility index (Phi) is 7.06. The van der Waals surface area contributed by atoms with Crippen LogP contribution in [0.5, 0.6) is 5.75 Å². The van der Waals surface area contributed by atoms with Gasteiger partial charge in [0.15, 0.2) is 9.84 Å². The molecule has 1 aromatic rings. The fourth-order valence-corrected chi connectivity index (χ4v) is 5.38. The van der Waals surface area contributed by atoms with Crippen LogP contribution in [0.1, 0.15) is 12.8 Å². The minimum Gasteiger partial charge on any atom is -0.495 e. The van der Waals surface area contributed by atoms with Crippen LogP contribution in [-0.4, -0.2) is 60.7 Å². The second-order valence-electron chi connectivity index (χ2n) is 5.55. The van der Waals surface area contributed by atoms with Gasteiger partial charge in [0, 0.05) is 25.4 Å². The van der Waals surface area contributed by atoms with E-state index in [0.717, 1.165) is 19.1 Å². The lowest BCUT2D eigenvalue weighted by molar-refractivity contribution is 0.370. The summed E-state index contributed by atoms with van der Waals surface area (Å²) in [5.74, 6) is 0.146. The number of sulfone groups is 1. The molecule has 138 valence electrons. The molecule has 0 aromatic heterocycles. The highest BCUT2D eigenvalue weighted by Gasteiger charge is 2.36. The first-order chi connectivity index (χ1) is 10.7. The number of hydrogen-bond acceptors (Lipinski definition) is 6. The first kappa shape index (κ1) is 21.2. The first-order valence-electron chi connectivity index (χ1n) is 7.26. The zero-order chi connectivity index (χ0) is 17.3. The van der Waals surface area contributed by atoms with E-state index in [9.17, 15) is 16.8 Å². The van der Waals surface area contributed by atoms with E-state index in [1.807, 2.05) is 0 Å². The molecule has 0 bridgehead atoms. The lowest BCUT2D eigenvalue weighted by Crippen LogP contribution is -2.40. The molecule has 1 aliphatic rings. The number of hydrogen-bond donors (Lipinski definition) is 1. The average Bonchev–Trinajstić information content (AvgIpc) is 2.95. The second-order valence-corrected chi connectivity index (χ2v) is 9.43. The molecule has 1 aromatic carbocycles. The fraction of sp³-hybridized carbons (Fsp3) is 0.571. The maximum atomic E-state index is 13.0. The Morgan fingerprint density at radius 1 is 1.29 bits per heavy atom.